The lowest BCUT2D eigenvalue weighted by Gasteiger charge is -2.34. The minimum absolute atomic E-state index is 0.0768. The molecule has 2 aromatic carbocycles. The zero-order chi connectivity index (χ0) is 20.3. The highest BCUT2D eigenvalue weighted by molar-refractivity contribution is 9.10. The molecule has 1 saturated heterocycles. The summed E-state index contributed by atoms with van der Waals surface area (Å²) < 4.78 is 27.8. The number of carbonyl (C=O) groups excluding carboxylic acids is 1. The van der Waals surface area contributed by atoms with E-state index >= 15 is 0 Å². The predicted octanol–water partition coefficient (Wildman–Crippen LogP) is 3.88. The number of piperazine rings is 1. The summed E-state index contributed by atoms with van der Waals surface area (Å²) in [5.41, 5.74) is 1.02. The molecule has 0 aromatic heterocycles. The third kappa shape index (κ3) is 4.68. The van der Waals surface area contributed by atoms with Gasteiger partial charge in [0.2, 0.25) is 10.0 Å². The van der Waals surface area contributed by atoms with E-state index in [9.17, 15) is 13.2 Å². The average molecular weight is 487 g/mol. The van der Waals surface area contributed by atoms with E-state index in [2.05, 4.69) is 21.2 Å². The Kier molecular flexibility index (Phi) is 6.65. The van der Waals surface area contributed by atoms with Gasteiger partial charge in [-0.2, -0.15) is 4.31 Å². The van der Waals surface area contributed by atoms with E-state index in [1.54, 1.807) is 17.0 Å². The van der Waals surface area contributed by atoms with Crippen LogP contribution in [0.2, 0.25) is 5.02 Å². The summed E-state index contributed by atoms with van der Waals surface area (Å²) in [5.74, 6) is 0. The van der Waals surface area contributed by atoms with E-state index < -0.39 is 10.0 Å². The van der Waals surface area contributed by atoms with E-state index in [-0.39, 0.29) is 35.1 Å². The van der Waals surface area contributed by atoms with Gasteiger partial charge >= 0.3 is 6.03 Å². The monoisotopic (exact) mass is 485 g/mol. The van der Waals surface area contributed by atoms with Crippen molar-refractivity contribution in [3.8, 4) is 0 Å². The van der Waals surface area contributed by atoms with Crippen LogP contribution < -0.4 is 5.32 Å². The minimum atomic E-state index is -3.70. The van der Waals surface area contributed by atoms with Crippen molar-refractivity contribution in [1.29, 1.82) is 0 Å². The number of amides is 2. The maximum Gasteiger partial charge on any atom is 0.317 e. The molecule has 1 N–H and O–H groups in total. The molecular formula is C19H21BrClN3O3S. The van der Waals surface area contributed by atoms with E-state index in [0.29, 0.717) is 17.6 Å². The molecule has 0 bridgehead atoms. The summed E-state index contributed by atoms with van der Waals surface area (Å²) in [6.45, 7) is 3.01. The molecule has 1 unspecified atom stereocenters. The zero-order valence-electron chi connectivity index (χ0n) is 15.3. The number of urea groups is 1. The van der Waals surface area contributed by atoms with E-state index in [0.717, 1.165) is 5.56 Å². The van der Waals surface area contributed by atoms with Gasteiger partial charge in [0.15, 0.2) is 0 Å². The first kappa shape index (κ1) is 21.1. The lowest BCUT2D eigenvalue weighted by Crippen LogP contribution is -2.53. The van der Waals surface area contributed by atoms with Crippen molar-refractivity contribution < 1.29 is 13.2 Å². The Balaban J connectivity index is 1.61. The molecular weight excluding hydrogens is 466 g/mol. The van der Waals surface area contributed by atoms with Crippen LogP contribution in [-0.2, 0) is 10.0 Å². The molecule has 0 aliphatic carbocycles. The maximum absolute atomic E-state index is 12.9. The Bertz CT molecular complexity index is 948. The van der Waals surface area contributed by atoms with Crippen LogP contribution in [0.1, 0.15) is 18.5 Å². The van der Waals surface area contributed by atoms with Gasteiger partial charge in [0.25, 0.3) is 0 Å². The number of sulfonamides is 1. The van der Waals surface area contributed by atoms with Crippen LogP contribution in [0.5, 0.6) is 0 Å². The van der Waals surface area contributed by atoms with E-state index in [1.165, 1.54) is 10.4 Å². The predicted molar refractivity (Wildman–Crippen MR) is 113 cm³/mol. The Morgan fingerprint density at radius 1 is 1.11 bits per heavy atom. The van der Waals surface area contributed by atoms with Gasteiger partial charge in [-0.05, 0) is 30.7 Å². The highest BCUT2D eigenvalue weighted by Crippen LogP contribution is 2.28. The van der Waals surface area contributed by atoms with Crippen LogP contribution in [0, 0.1) is 0 Å². The van der Waals surface area contributed by atoms with Gasteiger partial charge in [-0.1, -0.05) is 57.9 Å². The van der Waals surface area contributed by atoms with Gasteiger partial charge in [-0.25, -0.2) is 13.2 Å². The number of carbonyl (C=O) groups is 1. The van der Waals surface area contributed by atoms with Crippen LogP contribution >= 0.6 is 27.5 Å². The number of benzene rings is 2. The number of rotatable bonds is 4. The molecule has 1 heterocycles. The first-order chi connectivity index (χ1) is 13.3. The zero-order valence-corrected chi connectivity index (χ0v) is 18.5. The fraction of sp³-hybridized carbons (Fsp3) is 0.316. The van der Waals surface area contributed by atoms with Crippen LogP contribution in [0.15, 0.2) is 57.9 Å². The molecule has 2 aromatic rings. The van der Waals surface area contributed by atoms with Crippen molar-refractivity contribution in [2.75, 3.05) is 26.2 Å². The summed E-state index contributed by atoms with van der Waals surface area (Å²) >= 11 is 9.39. The van der Waals surface area contributed by atoms with Gasteiger partial charge in [0.05, 0.1) is 11.1 Å². The van der Waals surface area contributed by atoms with Crippen molar-refractivity contribution in [1.82, 2.24) is 14.5 Å². The molecule has 1 aliphatic rings. The first-order valence-corrected chi connectivity index (χ1v) is 11.5. The molecule has 1 atom stereocenters. The first-order valence-electron chi connectivity index (χ1n) is 8.84. The molecule has 1 aliphatic heterocycles. The lowest BCUT2D eigenvalue weighted by molar-refractivity contribution is 0.169. The molecule has 150 valence electrons. The molecule has 2 amide bonds. The van der Waals surface area contributed by atoms with Crippen molar-refractivity contribution in [3.05, 3.63) is 63.6 Å². The third-order valence-corrected chi connectivity index (χ3v) is 7.55. The Hall–Kier alpha value is -1.61. The molecule has 6 nitrogen and oxygen atoms in total. The van der Waals surface area contributed by atoms with E-state index in [4.69, 9.17) is 11.6 Å². The number of hydrogen-bond donors (Lipinski definition) is 1. The summed E-state index contributed by atoms with van der Waals surface area (Å²) in [6.07, 6.45) is 0. The SMILES string of the molecule is CC(NC(=O)N1CCN(S(=O)(=O)c2ccc(Br)cc2Cl)CC1)c1ccccc1. The Morgan fingerprint density at radius 2 is 1.75 bits per heavy atom. The number of halogens is 2. The lowest BCUT2D eigenvalue weighted by atomic mass is 10.1. The van der Waals surface area contributed by atoms with Crippen molar-refractivity contribution >= 4 is 43.6 Å². The summed E-state index contributed by atoms with van der Waals surface area (Å²) in [6, 6.07) is 14.1. The fourth-order valence-electron chi connectivity index (χ4n) is 3.06. The maximum atomic E-state index is 12.9. The van der Waals surface area contributed by atoms with Gasteiger partial charge in [-0.15, -0.1) is 0 Å². The molecule has 28 heavy (non-hydrogen) atoms. The topological polar surface area (TPSA) is 69.7 Å². The largest absolute Gasteiger partial charge is 0.331 e. The third-order valence-electron chi connectivity index (χ3n) is 4.68. The highest BCUT2D eigenvalue weighted by atomic mass is 79.9. The summed E-state index contributed by atoms with van der Waals surface area (Å²) in [5, 5.41) is 3.13. The second-order valence-corrected chi connectivity index (χ2v) is 9.78. The molecule has 3 rings (SSSR count). The molecule has 1 fully saturated rings. The molecule has 0 saturated carbocycles. The highest BCUT2D eigenvalue weighted by Gasteiger charge is 2.31. The van der Waals surface area contributed by atoms with Gasteiger partial charge < -0.3 is 10.2 Å². The second kappa shape index (κ2) is 8.82. The smallest absolute Gasteiger partial charge is 0.317 e. The normalized spacial score (nSPS) is 16.6. The quantitative estimate of drug-likeness (QED) is 0.713. The van der Waals surface area contributed by atoms with Gasteiger partial charge in [0, 0.05) is 30.7 Å². The minimum Gasteiger partial charge on any atom is -0.331 e. The van der Waals surface area contributed by atoms with Gasteiger partial charge in [0.1, 0.15) is 4.90 Å². The van der Waals surface area contributed by atoms with Crippen LogP contribution in [0.3, 0.4) is 0 Å². The molecule has 0 radical (unpaired) electrons. The number of nitrogens with zero attached hydrogens (tertiary/aromatic N) is 2. The summed E-state index contributed by atoms with van der Waals surface area (Å²) in [4.78, 5) is 14.2. The van der Waals surface area contributed by atoms with Crippen LogP contribution in [-0.4, -0.2) is 49.8 Å². The Morgan fingerprint density at radius 3 is 2.36 bits per heavy atom. The second-order valence-electron chi connectivity index (χ2n) is 6.55. The Labute approximate surface area is 178 Å². The van der Waals surface area contributed by atoms with E-state index in [1.807, 2.05) is 37.3 Å². The molecule has 0 spiro atoms. The summed E-state index contributed by atoms with van der Waals surface area (Å²) in [7, 11) is -3.70. The standard InChI is InChI=1S/C19H21BrClN3O3S/c1-14(15-5-3-2-4-6-15)22-19(25)23-9-11-24(12-10-23)28(26,27)18-8-7-16(20)13-17(18)21/h2-8,13-14H,9-12H2,1H3,(H,22,25). The van der Waals surface area contributed by atoms with Crippen molar-refractivity contribution in [3.63, 3.8) is 0 Å². The fourth-order valence-corrected chi connectivity index (χ4v) is 5.49. The van der Waals surface area contributed by atoms with Crippen molar-refractivity contribution in [2.24, 2.45) is 0 Å². The van der Waals surface area contributed by atoms with Crippen LogP contribution in [0.25, 0.3) is 0 Å². The van der Waals surface area contributed by atoms with Gasteiger partial charge in [-0.3, -0.25) is 0 Å². The van der Waals surface area contributed by atoms with Crippen LogP contribution in [0.4, 0.5) is 4.79 Å². The van der Waals surface area contributed by atoms with Crippen molar-refractivity contribution in [2.45, 2.75) is 17.9 Å². The number of nitrogens with one attached hydrogen (secondary N) is 1. The average Bonchev–Trinajstić information content (AvgIpc) is 2.68. The molecule has 9 heteroatoms. The number of hydrogen-bond acceptors (Lipinski definition) is 3.